The van der Waals surface area contributed by atoms with Gasteiger partial charge in [-0.3, -0.25) is 0 Å². The van der Waals surface area contributed by atoms with Crippen LogP contribution in [0, 0.1) is 6.92 Å². The van der Waals surface area contributed by atoms with E-state index in [-0.39, 0.29) is 19.0 Å². The highest BCUT2D eigenvalue weighted by molar-refractivity contribution is 5.92. The van der Waals surface area contributed by atoms with Gasteiger partial charge in [0.1, 0.15) is 30.5 Å². The summed E-state index contributed by atoms with van der Waals surface area (Å²) in [5.41, 5.74) is 1.72. The van der Waals surface area contributed by atoms with E-state index in [1.807, 2.05) is 19.1 Å². The minimum Gasteiger partial charge on any atom is -0.490 e. The highest BCUT2D eigenvalue weighted by Gasteiger charge is 2.12. The molecule has 0 saturated heterocycles. The Morgan fingerprint density at radius 2 is 1.15 bits per heavy atom. The standard InChI is InChI=1S/C26H22O7/c1-3-24(27)31-17-16-30-21-12-6-19(7-13-21)25(28)33-23-14-8-20(9-15-23)26(29)32-22-10-4-18(2)5-11-22/h3-15H,1,16-17H2,2H3. The summed E-state index contributed by atoms with van der Waals surface area (Å²) in [5.74, 6) is -0.337. The molecule has 0 aromatic heterocycles. The zero-order valence-electron chi connectivity index (χ0n) is 18.0. The number of hydrogen-bond donors (Lipinski definition) is 0. The van der Waals surface area contributed by atoms with E-state index in [9.17, 15) is 14.4 Å². The fourth-order valence-electron chi connectivity index (χ4n) is 2.65. The molecule has 3 aromatic rings. The summed E-state index contributed by atoms with van der Waals surface area (Å²) in [6.07, 6.45) is 1.07. The van der Waals surface area contributed by atoms with Gasteiger partial charge in [0, 0.05) is 6.08 Å². The van der Waals surface area contributed by atoms with Crippen LogP contribution in [0.4, 0.5) is 0 Å². The van der Waals surface area contributed by atoms with Gasteiger partial charge in [0.05, 0.1) is 11.1 Å². The average Bonchev–Trinajstić information content (AvgIpc) is 2.84. The summed E-state index contributed by atoms with van der Waals surface area (Å²) in [6, 6.07) is 19.6. The molecule has 0 saturated carbocycles. The van der Waals surface area contributed by atoms with Gasteiger partial charge in [-0.2, -0.15) is 0 Å². The lowest BCUT2D eigenvalue weighted by atomic mass is 10.2. The van der Waals surface area contributed by atoms with Gasteiger partial charge in [0.15, 0.2) is 0 Å². The van der Waals surface area contributed by atoms with E-state index in [4.69, 9.17) is 18.9 Å². The Morgan fingerprint density at radius 1 is 0.697 bits per heavy atom. The summed E-state index contributed by atoms with van der Waals surface area (Å²) in [4.78, 5) is 35.6. The second kappa shape index (κ2) is 11.3. The molecule has 0 N–H and O–H groups in total. The third-order valence-electron chi connectivity index (χ3n) is 4.39. The lowest BCUT2D eigenvalue weighted by Crippen LogP contribution is -2.11. The predicted molar refractivity (Wildman–Crippen MR) is 121 cm³/mol. The van der Waals surface area contributed by atoms with E-state index in [0.717, 1.165) is 11.6 Å². The van der Waals surface area contributed by atoms with Gasteiger partial charge in [-0.15, -0.1) is 0 Å². The molecule has 0 aliphatic rings. The van der Waals surface area contributed by atoms with Crippen molar-refractivity contribution in [3.05, 3.63) is 102 Å². The van der Waals surface area contributed by atoms with Gasteiger partial charge in [0.25, 0.3) is 0 Å². The lowest BCUT2D eigenvalue weighted by molar-refractivity contribution is -0.138. The largest absolute Gasteiger partial charge is 0.490 e. The first-order valence-electron chi connectivity index (χ1n) is 10.1. The molecule has 0 unspecified atom stereocenters. The molecule has 7 nitrogen and oxygen atoms in total. The van der Waals surface area contributed by atoms with Gasteiger partial charge < -0.3 is 18.9 Å². The van der Waals surface area contributed by atoms with Crippen LogP contribution in [0.25, 0.3) is 0 Å². The van der Waals surface area contributed by atoms with Gasteiger partial charge in [-0.05, 0) is 67.6 Å². The number of rotatable bonds is 9. The fraction of sp³-hybridized carbons (Fsp3) is 0.115. The van der Waals surface area contributed by atoms with E-state index in [2.05, 4.69) is 6.58 Å². The Kier molecular flexibility index (Phi) is 7.96. The maximum Gasteiger partial charge on any atom is 0.343 e. The highest BCUT2D eigenvalue weighted by atomic mass is 16.6. The first-order valence-corrected chi connectivity index (χ1v) is 10.1. The minimum atomic E-state index is -0.559. The van der Waals surface area contributed by atoms with E-state index in [0.29, 0.717) is 22.6 Å². The van der Waals surface area contributed by atoms with Crippen molar-refractivity contribution in [3.63, 3.8) is 0 Å². The van der Waals surface area contributed by atoms with Crippen LogP contribution in [-0.4, -0.2) is 31.1 Å². The predicted octanol–water partition coefficient (Wildman–Crippen LogP) is 4.54. The summed E-state index contributed by atoms with van der Waals surface area (Å²) >= 11 is 0. The van der Waals surface area contributed by atoms with Crippen molar-refractivity contribution in [1.82, 2.24) is 0 Å². The van der Waals surface area contributed by atoms with Crippen molar-refractivity contribution < 1.29 is 33.3 Å². The van der Waals surface area contributed by atoms with Gasteiger partial charge in [0.2, 0.25) is 0 Å². The Bertz CT molecular complexity index is 1110. The zero-order chi connectivity index (χ0) is 23.6. The molecule has 0 heterocycles. The zero-order valence-corrected chi connectivity index (χ0v) is 18.0. The topological polar surface area (TPSA) is 88.1 Å². The molecule has 0 spiro atoms. The molecule has 33 heavy (non-hydrogen) atoms. The van der Waals surface area contributed by atoms with E-state index in [1.54, 1.807) is 36.4 Å². The summed E-state index contributed by atoms with van der Waals surface area (Å²) < 4.78 is 20.9. The molecule has 0 amide bonds. The molecule has 0 fully saturated rings. The Labute approximate surface area is 191 Å². The molecule has 7 heteroatoms. The minimum absolute atomic E-state index is 0.0865. The molecular weight excluding hydrogens is 424 g/mol. The van der Waals surface area contributed by atoms with Gasteiger partial charge in [-0.1, -0.05) is 24.3 Å². The van der Waals surface area contributed by atoms with Crippen LogP contribution in [0.5, 0.6) is 17.2 Å². The number of esters is 3. The molecular formula is C26H22O7. The van der Waals surface area contributed by atoms with Crippen LogP contribution in [0.2, 0.25) is 0 Å². The summed E-state index contributed by atoms with van der Waals surface area (Å²) in [5, 5.41) is 0. The fourth-order valence-corrected chi connectivity index (χ4v) is 2.65. The normalized spacial score (nSPS) is 10.1. The maximum absolute atomic E-state index is 12.4. The van der Waals surface area contributed by atoms with E-state index < -0.39 is 17.9 Å². The van der Waals surface area contributed by atoms with Crippen LogP contribution >= 0.6 is 0 Å². The molecule has 3 rings (SSSR count). The number of carbonyl (C=O) groups is 3. The van der Waals surface area contributed by atoms with E-state index >= 15 is 0 Å². The summed E-state index contributed by atoms with van der Waals surface area (Å²) in [6.45, 7) is 5.50. The summed E-state index contributed by atoms with van der Waals surface area (Å²) in [7, 11) is 0. The second-order valence-corrected chi connectivity index (χ2v) is 6.86. The number of benzene rings is 3. The van der Waals surface area contributed by atoms with Crippen molar-refractivity contribution >= 4 is 17.9 Å². The molecule has 3 aromatic carbocycles. The van der Waals surface area contributed by atoms with Crippen LogP contribution in [-0.2, 0) is 9.53 Å². The number of carbonyl (C=O) groups excluding carboxylic acids is 3. The number of ether oxygens (including phenoxy) is 4. The van der Waals surface area contributed by atoms with Crippen molar-refractivity contribution in [3.8, 4) is 17.2 Å². The first-order chi connectivity index (χ1) is 15.9. The van der Waals surface area contributed by atoms with Crippen LogP contribution in [0.3, 0.4) is 0 Å². The van der Waals surface area contributed by atoms with Crippen molar-refractivity contribution in [2.75, 3.05) is 13.2 Å². The quantitative estimate of drug-likeness (QED) is 0.206. The van der Waals surface area contributed by atoms with Crippen LogP contribution < -0.4 is 14.2 Å². The van der Waals surface area contributed by atoms with Gasteiger partial charge >= 0.3 is 17.9 Å². The molecule has 0 aliphatic carbocycles. The Balaban J connectivity index is 1.50. The molecule has 0 radical (unpaired) electrons. The maximum atomic E-state index is 12.4. The van der Waals surface area contributed by atoms with Crippen molar-refractivity contribution in [1.29, 1.82) is 0 Å². The van der Waals surface area contributed by atoms with Gasteiger partial charge in [-0.25, -0.2) is 14.4 Å². The third-order valence-corrected chi connectivity index (χ3v) is 4.39. The average molecular weight is 446 g/mol. The Hall–Kier alpha value is -4.39. The molecule has 0 bridgehead atoms. The second-order valence-electron chi connectivity index (χ2n) is 6.86. The lowest BCUT2D eigenvalue weighted by Gasteiger charge is -2.08. The van der Waals surface area contributed by atoms with Crippen molar-refractivity contribution in [2.24, 2.45) is 0 Å². The molecule has 0 aliphatic heterocycles. The highest BCUT2D eigenvalue weighted by Crippen LogP contribution is 2.18. The van der Waals surface area contributed by atoms with Crippen molar-refractivity contribution in [2.45, 2.75) is 6.92 Å². The monoisotopic (exact) mass is 446 g/mol. The third kappa shape index (κ3) is 7.07. The molecule has 0 atom stereocenters. The number of aryl methyl sites for hydroxylation is 1. The number of hydrogen-bond acceptors (Lipinski definition) is 7. The van der Waals surface area contributed by atoms with E-state index in [1.165, 1.54) is 24.3 Å². The molecule has 168 valence electrons. The Morgan fingerprint density at radius 3 is 1.64 bits per heavy atom. The van der Waals surface area contributed by atoms with Crippen LogP contribution in [0.1, 0.15) is 26.3 Å². The first kappa shape index (κ1) is 23.3. The van der Waals surface area contributed by atoms with Crippen LogP contribution in [0.15, 0.2) is 85.5 Å². The SMILES string of the molecule is C=CC(=O)OCCOc1ccc(C(=O)Oc2ccc(C(=O)Oc3ccc(C)cc3)cc2)cc1. The smallest absolute Gasteiger partial charge is 0.343 e.